The van der Waals surface area contributed by atoms with Crippen molar-refractivity contribution in [1.82, 2.24) is 24.6 Å². The molecule has 5 heteroatoms. The van der Waals surface area contributed by atoms with Crippen LogP contribution in [-0.4, -0.2) is 45.4 Å². The Morgan fingerprint density at radius 2 is 2.53 bits per heavy atom. The van der Waals surface area contributed by atoms with Gasteiger partial charge in [-0.05, 0) is 26.1 Å². The summed E-state index contributed by atoms with van der Waals surface area (Å²) in [4.78, 5) is 11.1. The first-order chi connectivity index (χ1) is 8.33. The second-order valence-corrected chi connectivity index (χ2v) is 4.62. The van der Waals surface area contributed by atoms with Gasteiger partial charge in [-0.2, -0.15) is 0 Å². The van der Waals surface area contributed by atoms with Crippen LogP contribution in [0.25, 0.3) is 5.78 Å². The molecule has 17 heavy (non-hydrogen) atoms. The molecule has 1 aliphatic rings. The van der Waals surface area contributed by atoms with E-state index in [4.69, 9.17) is 0 Å². The molecule has 0 radical (unpaired) electrons. The number of hydrogen-bond donors (Lipinski definition) is 1. The first-order valence-electron chi connectivity index (χ1n) is 6.02. The van der Waals surface area contributed by atoms with Crippen molar-refractivity contribution in [3.8, 4) is 0 Å². The third-order valence-corrected chi connectivity index (χ3v) is 3.35. The molecular formula is C12H17N5. The number of nitrogens with zero attached hydrogens (tertiary/aromatic N) is 4. The largest absolute Gasteiger partial charge is 0.315 e. The molecule has 2 aromatic rings. The van der Waals surface area contributed by atoms with E-state index in [2.05, 4.69) is 33.4 Å². The lowest BCUT2D eigenvalue weighted by Gasteiger charge is -2.22. The maximum absolute atomic E-state index is 4.51. The van der Waals surface area contributed by atoms with E-state index in [9.17, 15) is 0 Å². The molecule has 0 amide bonds. The van der Waals surface area contributed by atoms with Gasteiger partial charge in [0, 0.05) is 37.7 Å². The number of fused-ring (bicyclic) bond motifs is 1. The molecule has 1 unspecified atom stereocenters. The number of hydrogen-bond acceptors (Lipinski definition) is 4. The molecule has 1 aliphatic heterocycles. The third kappa shape index (κ3) is 2.16. The topological polar surface area (TPSA) is 45.5 Å². The highest BCUT2D eigenvalue weighted by molar-refractivity contribution is 5.29. The van der Waals surface area contributed by atoms with Crippen LogP contribution in [0, 0.1) is 0 Å². The molecule has 5 nitrogen and oxygen atoms in total. The minimum Gasteiger partial charge on any atom is -0.315 e. The van der Waals surface area contributed by atoms with Gasteiger partial charge < -0.3 is 5.32 Å². The quantitative estimate of drug-likeness (QED) is 0.836. The molecule has 1 N–H and O–H groups in total. The van der Waals surface area contributed by atoms with E-state index in [1.165, 1.54) is 6.42 Å². The molecule has 0 aliphatic carbocycles. The van der Waals surface area contributed by atoms with Crippen molar-refractivity contribution in [2.45, 2.75) is 19.0 Å². The lowest BCUT2D eigenvalue weighted by Crippen LogP contribution is -2.32. The van der Waals surface area contributed by atoms with E-state index in [-0.39, 0.29) is 0 Å². The van der Waals surface area contributed by atoms with Crippen LogP contribution in [0.5, 0.6) is 0 Å². The Morgan fingerprint density at radius 1 is 1.59 bits per heavy atom. The van der Waals surface area contributed by atoms with Gasteiger partial charge in [-0.25, -0.2) is 9.97 Å². The second kappa shape index (κ2) is 4.43. The molecule has 1 atom stereocenters. The first kappa shape index (κ1) is 10.7. The Kier molecular flexibility index (Phi) is 2.78. The Labute approximate surface area is 100 Å². The SMILES string of the molecule is CN(Cc1cn2cccnc2n1)C1CCNC1. The molecule has 90 valence electrons. The van der Waals surface area contributed by atoms with Crippen molar-refractivity contribution >= 4 is 5.78 Å². The molecule has 0 aromatic carbocycles. The number of rotatable bonds is 3. The summed E-state index contributed by atoms with van der Waals surface area (Å²) in [5.74, 6) is 0.778. The summed E-state index contributed by atoms with van der Waals surface area (Å²) in [5, 5.41) is 3.39. The lowest BCUT2D eigenvalue weighted by molar-refractivity contribution is 0.246. The molecule has 0 spiro atoms. The predicted molar refractivity (Wildman–Crippen MR) is 65.7 cm³/mol. The minimum absolute atomic E-state index is 0.632. The zero-order valence-corrected chi connectivity index (χ0v) is 10.0. The van der Waals surface area contributed by atoms with E-state index >= 15 is 0 Å². The number of aromatic nitrogens is 3. The van der Waals surface area contributed by atoms with Crippen molar-refractivity contribution in [2.75, 3.05) is 20.1 Å². The highest BCUT2D eigenvalue weighted by atomic mass is 15.2. The maximum Gasteiger partial charge on any atom is 0.233 e. The van der Waals surface area contributed by atoms with E-state index in [0.717, 1.165) is 31.1 Å². The summed E-state index contributed by atoms with van der Waals surface area (Å²) >= 11 is 0. The predicted octanol–water partition coefficient (Wildman–Crippen LogP) is 0.523. The number of likely N-dealkylation sites (N-methyl/N-ethyl adjacent to an activating group) is 1. The van der Waals surface area contributed by atoms with Crippen LogP contribution in [0.2, 0.25) is 0 Å². The average Bonchev–Trinajstić information content (AvgIpc) is 2.97. The summed E-state index contributed by atoms with van der Waals surface area (Å²) in [6, 6.07) is 2.55. The molecule has 1 fully saturated rings. The van der Waals surface area contributed by atoms with Gasteiger partial charge in [0.1, 0.15) is 0 Å². The zero-order chi connectivity index (χ0) is 11.7. The lowest BCUT2D eigenvalue weighted by atomic mass is 10.2. The fourth-order valence-electron chi connectivity index (χ4n) is 2.36. The average molecular weight is 231 g/mol. The highest BCUT2D eigenvalue weighted by Gasteiger charge is 2.19. The van der Waals surface area contributed by atoms with Crippen LogP contribution < -0.4 is 5.32 Å². The molecule has 2 aromatic heterocycles. The molecule has 3 heterocycles. The normalized spacial score (nSPS) is 20.5. The van der Waals surface area contributed by atoms with Crippen LogP contribution in [0.15, 0.2) is 24.7 Å². The Hall–Kier alpha value is -1.46. The standard InChI is InChI=1S/C12H17N5/c1-16(11-3-5-13-7-11)8-10-9-17-6-2-4-14-12(17)15-10/h2,4,6,9,11,13H,3,5,7-8H2,1H3. The van der Waals surface area contributed by atoms with E-state index in [1.54, 1.807) is 6.20 Å². The molecule has 0 saturated carbocycles. The Balaban J connectivity index is 1.75. The van der Waals surface area contributed by atoms with Gasteiger partial charge in [-0.15, -0.1) is 0 Å². The summed E-state index contributed by atoms with van der Waals surface area (Å²) in [6.45, 7) is 3.10. The summed E-state index contributed by atoms with van der Waals surface area (Å²) in [6.07, 6.45) is 7.04. The highest BCUT2D eigenvalue weighted by Crippen LogP contribution is 2.11. The van der Waals surface area contributed by atoms with Crippen molar-refractivity contribution in [3.05, 3.63) is 30.4 Å². The minimum atomic E-state index is 0.632. The molecule has 0 bridgehead atoms. The molecular weight excluding hydrogens is 214 g/mol. The van der Waals surface area contributed by atoms with Crippen LogP contribution in [0.4, 0.5) is 0 Å². The van der Waals surface area contributed by atoms with Crippen LogP contribution in [0.1, 0.15) is 12.1 Å². The first-order valence-corrected chi connectivity index (χ1v) is 6.02. The van der Waals surface area contributed by atoms with Crippen molar-refractivity contribution < 1.29 is 0 Å². The zero-order valence-electron chi connectivity index (χ0n) is 10.0. The van der Waals surface area contributed by atoms with E-state index < -0.39 is 0 Å². The monoisotopic (exact) mass is 231 g/mol. The van der Waals surface area contributed by atoms with Crippen LogP contribution in [-0.2, 0) is 6.54 Å². The fourth-order valence-corrected chi connectivity index (χ4v) is 2.36. The molecule has 1 saturated heterocycles. The van der Waals surface area contributed by atoms with Gasteiger partial charge in [0.15, 0.2) is 0 Å². The number of nitrogens with one attached hydrogen (secondary N) is 1. The Bertz CT molecular complexity index is 467. The smallest absolute Gasteiger partial charge is 0.233 e. The molecule has 3 rings (SSSR count). The maximum atomic E-state index is 4.51. The van der Waals surface area contributed by atoms with Gasteiger partial charge >= 0.3 is 0 Å². The third-order valence-electron chi connectivity index (χ3n) is 3.35. The van der Waals surface area contributed by atoms with Gasteiger partial charge in [0.25, 0.3) is 0 Å². The van der Waals surface area contributed by atoms with Crippen molar-refractivity contribution in [3.63, 3.8) is 0 Å². The van der Waals surface area contributed by atoms with Gasteiger partial charge in [0.2, 0.25) is 5.78 Å². The van der Waals surface area contributed by atoms with Gasteiger partial charge in [-0.1, -0.05) is 0 Å². The summed E-state index contributed by atoms with van der Waals surface area (Å²) < 4.78 is 1.97. The van der Waals surface area contributed by atoms with Gasteiger partial charge in [0.05, 0.1) is 5.69 Å². The Morgan fingerprint density at radius 3 is 3.29 bits per heavy atom. The van der Waals surface area contributed by atoms with Crippen molar-refractivity contribution in [1.29, 1.82) is 0 Å². The fraction of sp³-hybridized carbons (Fsp3) is 0.500. The van der Waals surface area contributed by atoms with Crippen LogP contribution >= 0.6 is 0 Å². The van der Waals surface area contributed by atoms with E-state index in [0.29, 0.717) is 6.04 Å². The summed E-state index contributed by atoms with van der Waals surface area (Å²) in [5.41, 5.74) is 1.08. The van der Waals surface area contributed by atoms with E-state index in [1.807, 2.05) is 16.7 Å². The van der Waals surface area contributed by atoms with Crippen LogP contribution in [0.3, 0.4) is 0 Å². The second-order valence-electron chi connectivity index (χ2n) is 4.62. The number of imidazole rings is 1. The summed E-state index contributed by atoms with van der Waals surface area (Å²) in [7, 11) is 2.16. The van der Waals surface area contributed by atoms with Crippen molar-refractivity contribution in [2.24, 2.45) is 0 Å². The van der Waals surface area contributed by atoms with Gasteiger partial charge in [-0.3, -0.25) is 9.30 Å².